The summed E-state index contributed by atoms with van der Waals surface area (Å²) in [6.07, 6.45) is 17.1. The molecule has 0 saturated heterocycles. The van der Waals surface area contributed by atoms with Gasteiger partial charge in [0.1, 0.15) is 0 Å². The van der Waals surface area contributed by atoms with Crippen LogP contribution in [0.1, 0.15) is 79.5 Å². The average molecular weight is 545 g/mol. The molecule has 1 atom stereocenters. The fraction of sp³-hybridized carbons (Fsp3) is 0.238. The van der Waals surface area contributed by atoms with Gasteiger partial charge in [0.25, 0.3) is 0 Å². The molecule has 0 heteroatoms. The van der Waals surface area contributed by atoms with Crippen molar-refractivity contribution in [3.63, 3.8) is 0 Å². The van der Waals surface area contributed by atoms with Crippen molar-refractivity contribution < 1.29 is 0 Å². The van der Waals surface area contributed by atoms with E-state index in [0.29, 0.717) is 5.92 Å². The van der Waals surface area contributed by atoms with Crippen molar-refractivity contribution in [3.8, 4) is 0 Å². The van der Waals surface area contributed by atoms with Crippen LogP contribution in [-0.2, 0) is 0 Å². The summed E-state index contributed by atoms with van der Waals surface area (Å²) in [6, 6.07) is 44.6. The summed E-state index contributed by atoms with van der Waals surface area (Å²) in [7, 11) is 0. The Morgan fingerprint density at radius 1 is 0.476 bits per heavy atom. The van der Waals surface area contributed by atoms with E-state index >= 15 is 0 Å². The Kier molecular flexibility index (Phi) is 7.62. The smallest absolute Gasteiger partial charge is 0.0236 e. The fourth-order valence-electron chi connectivity index (χ4n) is 8.14. The molecule has 1 unspecified atom stereocenters. The molecule has 0 bridgehead atoms. The van der Waals surface area contributed by atoms with Crippen LogP contribution in [0.4, 0.5) is 0 Å². The first-order valence-electron chi connectivity index (χ1n) is 15.9. The van der Waals surface area contributed by atoms with Crippen LogP contribution in [0.25, 0.3) is 18.2 Å². The van der Waals surface area contributed by atoms with E-state index in [2.05, 4.69) is 140 Å². The molecule has 0 nitrogen and oxygen atoms in total. The minimum absolute atomic E-state index is 0.0146. The lowest BCUT2D eigenvalue weighted by molar-refractivity contribution is 0.280. The summed E-state index contributed by atoms with van der Waals surface area (Å²) in [5.41, 5.74) is 13.6. The van der Waals surface area contributed by atoms with Crippen LogP contribution in [0.2, 0.25) is 0 Å². The molecule has 4 aromatic rings. The predicted molar refractivity (Wildman–Crippen MR) is 179 cm³/mol. The van der Waals surface area contributed by atoms with Crippen molar-refractivity contribution in [2.75, 3.05) is 0 Å². The third-order valence-corrected chi connectivity index (χ3v) is 9.87. The number of benzene rings is 4. The molecule has 0 amide bonds. The Morgan fingerprint density at radius 2 is 0.952 bits per heavy atom. The monoisotopic (exact) mass is 544 g/mol. The molecule has 0 aliphatic heterocycles. The van der Waals surface area contributed by atoms with E-state index in [1.807, 2.05) is 0 Å². The van der Waals surface area contributed by atoms with Crippen LogP contribution >= 0.6 is 0 Å². The minimum Gasteiger partial charge on any atom is -0.0622 e. The molecule has 0 radical (unpaired) electrons. The molecule has 1 saturated carbocycles. The molecular weight excluding hydrogens is 504 g/mol. The van der Waals surface area contributed by atoms with Crippen LogP contribution < -0.4 is 0 Å². The maximum Gasteiger partial charge on any atom is 0.0236 e. The number of hydrogen-bond donors (Lipinski definition) is 0. The third-order valence-electron chi connectivity index (χ3n) is 9.87. The Hall–Kier alpha value is -4.16. The molecule has 0 N–H and O–H groups in total. The van der Waals surface area contributed by atoms with Gasteiger partial charge in [0.15, 0.2) is 0 Å². The summed E-state index contributed by atoms with van der Waals surface area (Å²) >= 11 is 0. The van der Waals surface area contributed by atoms with Gasteiger partial charge in [-0.3, -0.25) is 0 Å². The second-order valence-corrected chi connectivity index (χ2v) is 12.3. The maximum absolute atomic E-state index is 2.56. The maximum atomic E-state index is 2.56. The lowest BCUT2D eigenvalue weighted by Gasteiger charge is -2.53. The lowest BCUT2D eigenvalue weighted by Crippen LogP contribution is -2.40. The van der Waals surface area contributed by atoms with Gasteiger partial charge >= 0.3 is 0 Å². The first-order chi connectivity index (χ1) is 20.8. The van der Waals surface area contributed by atoms with Crippen LogP contribution in [0, 0.1) is 5.41 Å². The zero-order valence-electron chi connectivity index (χ0n) is 24.5. The minimum atomic E-state index is -0.0146. The van der Waals surface area contributed by atoms with Gasteiger partial charge in [-0.05, 0) is 84.8 Å². The molecule has 4 aromatic carbocycles. The second kappa shape index (κ2) is 12.0. The summed E-state index contributed by atoms with van der Waals surface area (Å²) in [5, 5.41) is 0. The van der Waals surface area contributed by atoms with Crippen LogP contribution in [0.15, 0.2) is 149 Å². The van der Waals surface area contributed by atoms with E-state index < -0.39 is 0 Å². The predicted octanol–water partition coefficient (Wildman–Crippen LogP) is 11.5. The lowest BCUT2D eigenvalue weighted by atomic mass is 9.50. The van der Waals surface area contributed by atoms with E-state index in [4.69, 9.17) is 0 Å². The van der Waals surface area contributed by atoms with Gasteiger partial charge in [-0.2, -0.15) is 0 Å². The van der Waals surface area contributed by atoms with Gasteiger partial charge in [0.05, 0.1) is 0 Å². The second-order valence-electron chi connectivity index (χ2n) is 12.3. The summed E-state index contributed by atoms with van der Waals surface area (Å²) < 4.78 is 0. The molecule has 3 aliphatic carbocycles. The Morgan fingerprint density at radius 3 is 1.50 bits per heavy atom. The van der Waals surface area contributed by atoms with Gasteiger partial charge in [0.2, 0.25) is 0 Å². The zero-order chi connectivity index (χ0) is 28.2. The van der Waals surface area contributed by atoms with Gasteiger partial charge in [0, 0.05) is 11.3 Å². The van der Waals surface area contributed by atoms with Crippen molar-refractivity contribution in [1.29, 1.82) is 0 Å². The Labute approximate surface area is 251 Å². The third kappa shape index (κ3) is 5.16. The van der Waals surface area contributed by atoms with Crippen molar-refractivity contribution in [2.45, 2.75) is 57.3 Å². The summed E-state index contributed by atoms with van der Waals surface area (Å²) in [6.45, 7) is 0. The Balaban J connectivity index is 1.47. The highest BCUT2D eigenvalue weighted by atomic mass is 14.5. The molecule has 1 fully saturated rings. The molecular formula is C42H40. The van der Waals surface area contributed by atoms with E-state index in [0.717, 1.165) is 12.8 Å². The number of rotatable bonds is 4. The Bertz CT molecular complexity index is 1580. The molecule has 3 aliphatic rings. The van der Waals surface area contributed by atoms with Crippen molar-refractivity contribution in [2.24, 2.45) is 5.41 Å². The van der Waals surface area contributed by atoms with E-state index in [1.54, 1.807) is 27.9 Å². The van der Waals surface area contributed by atoms with Gasteiger partial charge in [-0.15, -0.1) is 0 Å². The van der Waals surface area contributed by atoms with Crippen LogP contribution in [0.3, 0.4) is 0 Å². The van der Waals surface area contributed by atoms with Crippen molar-refractivity contribution in [3.05, 3.63) is 171 Å². The standard InChI is InChI=1S/C42H40/c1-5-15-32(16-6-1)29-36-23-13-26-40-39(36)27-28-42(41(40)35-21-11-4-12-22-35)37(30-33-17-7-2-8-18-33)24-14-25-38(42)31-34-19-9-3-10-20-34/h1-12,15-22,29-31,41H,13-14,23-28H2/b36-29+,37-30+,38-31+. The first kappa shape index (κ1) is 26.7. The van der Waals surface area contributed by atoms with Crippen molar-refractivity contribution >= 4 is 18.2 Å². The molecule has 42 heavy (non-hydrogen) atoms. The van der Waals surface area contributed by atoms with Crippen molar-refractivity contribution in [1.82, 2.24) is 0 Å². The number of allylic oxidation sites excluding steroid dienone is 5. The van der Waals surface area contributed by atoms with E-state index in [-0.39, 0.29) is 5.41 Å². The zero-order valence-corrected chi connectivity index (χ0v) is 24.5. The molecule has 0 aromatic heterocycles. The van der Waals surface area contributed by atoms with E-state index in [9.17, 15) is 0 Å². The van der Waals surface area contributed by atoms with Gasteiger partial charge in [-0.25, -0.2) is 0 Å². The molecule has 208 valence electrons. The average Bonchev–Trinajstić information content (AvgIpc) is 3.05. The highest BCUT2D eigenvalue weighted by Crippen LogP contribution is 2.64. The summed E-state index contributed by atoms with van der Waals surface area (Å²) in [4.78, 5) is 0. The van der Waals surface area contributed by atoms with Gasteiger partial charge in [-0.1, -0.05) is 156 Å². The van der Waals surface area contributed by atoms with E-state index in [1.165, 1.54) is 60.8 Å². The highest BCUT2D eigenvalue weighted by Gasteiger charge is 2.51. The summed E-state index contributed by atoms with van der Waals surface area (Å²) in [5.74, 6) is 0.354. The first-order valence-corrected chi connectivity index (χ1v) is 15.9. The molecule has 0 heterocycles. The number of hydrogen-bond acceptors (Lipinski definition) is 0. The SMILES string of the molecule is C(=C1/CCCC2=C1CCC1(/C(=C/c3ccccc3)CCC/C1=C\c1ccccc1)C2c1ccccc1)/c1ccccc1. The normalized spacial score (nSPS) is 25.2. The largest absolute Gasteiger partial charge is 0.0622 e. The quantitative estimate of drug-likeness (QED) is 0.240. The topological polar surface area (TPSA) is 0 Å². The van der Waals surface area contributed by atoms with Gasteiger partial charge < -0.3 is 0 Å². The highest BCUT2D eigenvalue weighted by molar-refractivity contribution is 5.68. The van der Waals surface area contributed by atoms with Crippen LogP contribution in [-0.4, -0.2) is 0 Å². The molecule has 7 rings (SSSR count). The van der Waals surface area contributed by atoms with Crippen LogP contribution in [0.5, 0.6) is 0 Å². The molecule has 1 spiro atoms. The fourth-order valence-corrected chi connectivity index (χ4v) is 8.14.